The van der Waals surface area contributed by atoms with Gasteiger partial charge in [-0.3, -0.25) is 19.3 Å². The Balaban J connectivity index is 1.51. The van der Waals surface area contributed by atoms with Gasteiger partial charge in [0.25, 0.3) is 5.91 Å². The number of hydrogen-bond donors (Lipinski definition) is 3. The van der Waals surface area contributed by atoms with Crippen LogP contribution < -0.4 is 16.0 Å². The molecule has 0 radical (unpaired) electrons. The highest BCUT2D eigenvalue weighted by atomic mass is 16.2. The number of imide groups is 1. The molecule has 3 rings (SSSR count). The highest BCUT2D eigenvalue weighted by Crippen LogP contribution is 2.36. The molecule has 1 saturated heterocycles. The van der Waals surface area contributed by atoms with Gasteiger partial charge in [-0.1, -0.05) is 32.0 Å². The van der Waals surface area contributed by atoms with Crippen LogP contribution in [0.3, 0.4) is 0 Å². The fraction of sp³-hybridized carbons (Fsp3) is 0.524. The lowest BCUT2D eigenvalue weighted by molar-refractivity contribution is -0.136. The van der Waals surface area contributed by atoms with E-state index in [1.165, 1.54) is 0 Å². The van der Waals surface area contributed by atoms with Gasteiger partial charge in [-0.05, 0) is 49.7 Å². The summed E-state index contributed by atoms with van der Waals surface area (Å²) in [5.74, 6) is -0.729. The van der Waals surface area contributed by atoms with Gasteiger partial charge in [0, 0.05) is 5.69 Å². The number of aryl methyl sites for hydroxylation is 1. The van der Waals surface area contributed by atoms with Crippen molar-refractivity contribution < 1.29 is 19.2 Å². The average molecular weight is 400 g/mol. The number of para-hydroxylation sites is 1. The first-order chi connectivity index (χ1) is 13.8. The monoisotopic (exact) mass is 400 g/mol. The van der Waals surface area contributed by atoms with E-state index in [1.54, 1.807) is 6.07 Å². The number of carbonyl (C=O) groups excluding carboxylic acids is 4. The third-order valence-electron chi connectivity index (χ3n) is 5.79. The van der Waals surface area contributed by atoms with Crippen molar-refractivity contribution in [2.24, 2.45) is 5.92 Å². The number of hydrogen-bond acceptors (Lipinski definition) is 4. The zero-order valence-corrected chi connectivity index (χ0v) is 16.9. The lowest BCUT2D eigenvalue weighted by Gasteiger charge is -2.33. The first-order valence-electron chi connectivity index (χ1n) is 10.1. The molecule has 1 aliphatic heterocycles. The standard InChI is InChI=1S/C21H28N4O4/c1-3-15-6-4-5-7-16(15)23-17(26)12-22-18(27)13-25-19(28)21(24-20(25)29)10-8-14(2)9-11-21/h4-7,14H,3,8-13H2,1-2H3,(H,22,27)(H,23,26)(H,24,29). The molecule has 0 unspecified atom stereocenters. The Hall–Kier alpha value is -2.90. The molecular formula is C21H28N4O4. The molecule has 156 valence electrons. The molecule has 0 aromatic heterocycles. The molecule has 2 fully saturated rings. The van der Waals surface area contributed by atoms with Crippen LogP contribution >= 0.6 is 0 Å². The van der Waals surface area contributed by atoms with E-state index in [0.717, 1.165) is 29.7 Å². The Labute approximate surface area is 170 Å². The third kappa shape index (κ3) is 4.58. The van der Waals surface area contributed by atoms with Gasteiger partial charge in [-0.2, -0.15) is 0 Å². The van der Waals surface area contributed by atoms with E-state index < -0.39 is 17.5 Å². The fourth-order valence-corrected chi connectivity index (χ4v) is 3.94. The molecule has 1 aliphatic carbocycles. The third-order valence-corrected chi connectivity index (χ3v) is 5.79. The molecule has 2 aliphatic rings. The smallest absolute Gasteiger partial charge is 0.325 e. The van der Waals surface area contributed by atoms with Crippen LogP contribution in [-0.4, -0.2) is 47.3 Å². The quantitative estimate of drug-likeness (QED) is 0.633. The normalized spacial score (nSPS) is 23.8. The molecule has 8 heteroatoms. The number of benzene rings is 1. The predicted molar refractivity (Wildman–Crippen MR) is 108 cm³/mol. The van der Waals surface area contributed by atoms with Gasteiger partial charge in [-0.15, -0.1) is 0 Å². The number of urea groups is 1. The molecule has 1 saturated carbocycles. The first kappa shape index (κ1) is 20.8. The van der Waals surface area contributed by atoms with E-state index in [-0.39, 0.29) is 24.9 Å². The lowest BCUT2D eigenvalue weighted by Crippen LogP contribution is -2.50. The minimum absolute atomic E-state index is 0.233. The van der Waals surface area contributed by atoms with Crippen LogP contribution in [-0.2, 0) is 20.8 Å². The molecular weight excluding hydrogens is 372 g/mol. The number of amides is 5. The minimum Gasteiger partial charge on any atom is -0.345 e. The molecule has 29 heavy (non-hydrogen) atoms. The van der Waals surface area contributed by atoms with Gasteiger partial charge < -0.3 is 16.0 Å². The van der Waals surface area contributed by atoms with Gasteiger partial charge in [0.15, 0.2) is 0 Å². The maximum atomic E-state index is 12.8. The van der Waals surface area contributed by atoms with E-state index in [1.807, 2.05) is 25.1 Å². The van der Waals surface area contributed by atoms with Crippen LogP contribution in [0, 0.1) is 5.92 Å². The molecule has 1 heterocycles. The van der Waals surface area contributed by atoms with Crippen molar-refractivity contribution in [2.75, 3.05) is 18.4 Å². The van der Waals surface area contributed by atoms with Gasteiger partial charge in [0.2, 0.25) is 11.8 Å². The second kappa shape index (κ2) is 8.63. The molecule has 8 nitrogen and oxygen atoms in total. The summed E-state index contributed by atoms with van der Waals surface area (Å²) >= 11 is 0. The average Bonchev–Trinajstić information content (AvgIpc) is 2.93. The summed E-state index contributed by atoms with van der Waals surface area (Å²) in [6.45, 7) is 3.50. The molecule has 1 aromatic carbocycles. The Bertz CT molecular complexity index is 815. The summed E-state index contributed by atoms with van der Waals surface area (Å²) in [5, 5.41) is 8.03. The predicted octanol–water partition coefficient (Wildman–Crippen LogP) is 1.80. The van der Waals surface area contributed by atoms with Crippen molar-refractivity contribution in [1.82, 2.24) is 15.5 Å². The Morgan fingerprint density at radius 2 is 1.86 bits per heavy atom. The van der Waals surface area contributed by atoms with Crippen LogP contribution in [0.5, 0.6) is 0 Å². The number of carbonyl (C=O) groups is 4. The SMILES string of the molecule is CCc1ccccc1NC(=O)CNC(=O)CN1C(=O)NC2(CCC(C)CC2)C1=O. The topological polar surface area (TPSA) is 108 Å². The van der Waals surface area contributed by atoms with Crippen LogP contribution in [0.2, 0.25) is 0 Å². The van der Waals surface area contributed by atoms with Crippen molar-refractivity contribution in [3.05, 3.63) is 29.8 Å². The zero-order chi connectivity index (χ0) is 21.0. The van der Waals surface area contributed by atoms with Crippen molar-refractivity contribution >= 4 is 29.4 Å². The molecule has 3 N–H and O–H groups in total. The largest absolute Gasteiger partial charge is 0.345 e. The van der Waals surface area contributed by atoms with Gasteiger partial charge >= 0.3 is 6.03 Å². The van der Waals surface area contributed by atoms with E-state index in [9.17, 15) is 19.2 Å². The summed E-state index contributed by atoms with van der Waals surface area (Å²) < 4.78 is 0. The molecule has 1 aromatic rings. The van der Waals surface area contributed by atoms with Crippen molar-refractivity contribution in [3.8, 4) is 0 Å². The van der Waals surface area contributed by atoms with Gasteiger partial charge in [-0.25, -0.2) is 4.79 Å². The summed E-state index contributed by atoms with van der Waals surface area (Å²) in [6, 6.07) is 6.91. The Morgan fingerprint density at radius 3 is 2.55 bits per heavy atom. The number of nitrogens with one attached hydrogen (secondary N) is 3. The second-order valence-electron chi connectivity index (χ2n) is 7.92. The van der Waals surface area contributed by atoms with E-state index in [2.05, 4.69) is 22.9 Å². The highest BCUT2D eigenvalue weighted by Gasteiger charge is 2.52. The maximum Gasteiger partial charge on any atom is 0.325 e. The molecule has 1 spiro atoms. The summed E-state index contributed by atoms with van der Waals surface area (Å²) in [7, 11) is 0. The van der Waals surface area contributed by atoms with Gasteiger partial charge in [0.05, 0.1) is 6.54 Å². The lowest BCUT2D eigenvalue weighted by atomic mass is 9.77. The Kier molecular flexibility index (Phi) is 6.20. The van der Waals surface area contributed by atoms with Crippen LogP contribution in [0.15, 0.2) is 24.3 Å². The van der Waals surface area contributed by atoms with E-state index in [4.69, 9.17) is 0 Å². The van der Waals surface area contributed by atoms with Crippen LogP contribution in [0.1, 0.15) is 45.1 Å². The van der Waals surface area contributed by atoms with Crippen molar-refractivity contribution in [1.29, 1.82) is 0 Å². The second-order valence-corrected chi connectivity index (χ2v) is 7.92. The number of nitrogens with zero attached hydrogens (tertiary/aromatic N) is 1. The van der Waals surface area contributed by atoms with E-state index in [0.29, 0.717) is 24.4 Å². The van der Waals surface area contributed by atoms with Gasteiger partial charge in [0.1, 0.15) is 12.1 Å². The number of anilines is 1. The number of rotatable bonds is 6. The minimum atomic E-state index is -0.870. The summed E-state index contributed by atoms with van der Waals surface area (Å²) in [4.78, 5) is 50.3. The zero-order valence-electron chi connectivity index (χ0n) is 16.9. The fourth-order valence-electron chi connectivity index (χ4n) is 3.94. The molecule has 0 atom stereocenters. The van der Waals surface area contributed by atoms with Crippen molar-refractivity contribution in [3.63, 3.8) is 0 Å². The van der Waals surface area contributed by atoms with E-state index >= 15 is 0 Å². The van der Waals surface area contributed by atoms with Crippen LogP contribution in [0.4, 0.5) is 10.5 Å². The van der Waals surface area contributed by atoms with Crippen molar-refractivity contribution in [2.45, 2.75) is 51.5 Å². The Morgan fingerprint density at radius 1 is 1.17 bits per heavy atom. The molecule has 5 amide bonds. The summed E-state index contributed by atoms with van der Waals surface area (Å²) in [5.41, 5.74) is 0.834. The maximum absolute atomic E-state index is 12.8. The summed E-state index contributed by atoms with van der Waals surface area (Å²) in [6.07, 6.45) is 3.69. The highest BCUT2D eigenvalue weighted by molar-refractivity contribution is 6.09. The van der Waals surface area contributed by atoms with Crippen LogP contribution in [0.25, 0.3) is 0 Å². The first-order valence-corrected chi connectivity index (χ1v) is 10.1. The molecule has 0 bridgehead atoms.